The summed E-state index contributed by atoms with van der Waals surface area (Å²) in [6, 6.07) is 7.90. The molecule has 6 heteroatoms. The Morgan fingerprint density at radius 1 is 1.26 bits per heavy atom. The minimum atomic E-state index is -0.325. The molecule has 0 amide bonds. The second-order valence-corrected chi connectivity index (χ2v) is 4.68. The maximum atomic E-state index is 13.4. The predicted octanol–water partition coefficient (Wildman–Crippen LogP) is 3.95. The molecule has 3 aromatic rings. The third-order valence-corrected chi connectivity index (χ3v) is 3.16. The zero-order chi connectivity index (χ0) is 13.4. The van der Waals surface area contributed by atoms with E-state index in [0.717, 1.165) is 0 Å². The highest BCUT2D eigenvalue weighted by Gasteiger charge is 2.13. The molecule has 96 valence electrons. The second-order valence-electron chi connectivity index (χ2n) is 3.97. The number of hydrogen-bond donors (Lipinski definition) is 0. The molecule has 0 N–H and O–H groups in total. The first-order valence-corrected chi connectivity index (χ1v) is 6.45. The Kier molecular flexibility index (Phi) is 3.12. The maximum absolute atomic E-state index is 13.4. The lowest BCUT2D eigenvalue weighted by Crippen LogP contribution is -2.00. The molecule has 0 aliphatic carbocycles. The zero-order valence-electron chi connectivity index (χ0n) is 9.65. The molecule has 2 aromatic heterocycles. The van der Waals surface area contributed by atoms with Crippen LogP contribution in [-0.2, 0) is 5.88 Å². The molecule has 1 aromatic carbocycles. The molecule has 0 bridgehead atoms. The van der Waals surface area contributed by atoms with Crippen molar-refractivity contribution in [1.82, 2.24) is 14.5 Å². The van der Waals surface area contributed by atoms with E-state index < -0.39 is 0 Å². The van der Waals surface area contributed by atoms with Crippen LogP contribution in [0.4, 0.5) is 4.39 Å². The summed E-state index contributed by atoms with van der Waals surface area (Å²) in [5.74, 6) is 0.468. The van der Waals surface area contributed by atoms with E-state index in [9.17, 15) is 4.39 Å². The van der Waals surface area contributed by atoms with Gasteiger partial charge >= 0.3 is 0 Å². The van der Waals surface area contributed by atoms with Gasteiger partial charge in [-0.2, -0.15) is 0 Å². The van der Waals surface area contributed by atoms with Gasteiger partial charge in [0.2, 0.25) is 0 Å². The Balaban J connectivity index is 2.32. The lowest BCUT2D eigenvalue weighted by Gasteiger charge is -2.06. The first kappa shape index (κ1) is 12.4. The fourth-order valence-electron chi connectivity index (χ4n) is 1.96. The van der Waals surface area contributed by atoms with Gasteiger partial charge in [0.05, 0.1) is 16.6 Å². The summed E-state index contributed by atoms with van der Waals surface area (Å²) in [7, 11) is 0. The van der Waals surface area contributed by atoms with Crippen molar-refractivity contribution in [3.8, 4) is 5.69 Å². The first-order chi connectivity index (χ1) is 9.19. The number of rotatable bonds is 2. The molecular weight excluding hydrogens is 288 g/mol. The van der Waals surface area contributed by atoms with E-state index >= 15 is 0 Å². The average molecular weight is 296 g/mol. The number of alkyl halides is 1. The Morgan fingerprint density at radius 2 is 2.11 bits per heavy atom. The molecule has 0 atom stereocenters. The molecule has 0 unspecified atom stereocenters. The Labute approximate surface area is 118 Å². The summed E-state index contributed by atoms with van der Waals surface area (Å²) in [6.45, 7) is 0. The quantitative estimate of drug-likeness (QED) is 0.670. The van der Waals surface area contributed by atoms with Crippen molar-refractivity contribution in [1.29, 1.82) is 0 Å². The van der Waals surface area contributed by atoms with Crippen LogP contribution in [0.1, 0.15) is 5.82 Å². The summed E-state index contributed by atoms with van der Waals surface area (Å²) < 4.78 is 15.1. The number of pyridine rings is 1. The van der Waals surface area contributed by atoms with Gasteiger partial charge in [-0.05, 0) is 24.3 Å². The third kappa shape index (κ3) is 2.17. The molecule has 0 aliphatic rings. The van der Waals surface area contributed by atoms with Gasteiger partial charge in [-0.3, -0.25) is 4.57 Å². The van der Waals surface area contributed by atoms with Gasteiger partial charge in [-0.15, -0.1) is 11.6 Å². The average Bonchev–Trinajstić information content (AvgIpc) is 2.76. The number of fused-ring (bicyclic) bond motifs is 1. The van der Waals surface area contributed by atoms with Gasteiger partial charge in [0, 0.05) is 6.20 Å². The molecule has 0 saturated heterocycles. The van der Waals surface area contributed by atoms with E-state index in [0.29, 0.717) is 27.7 Å². The van der Waals surface area contributed by atoms with Crippen LogP contribution in [0.5, 0.6) is 0 Å². The van der Waals surface area contributed by atoms with Crippen LogP contribution >= 0.6 is 23.2 Å². The van der Waals surface area contributed by atoms with Gasteiger partial charge in [0.25, 0.3) is 0 Å². The summed E-state index contributed by atoms with van der Waals surface area (Å²) in [4.78, 5) is 8.60. The first-order valence-electron chi connectivity index (χ1n) is 5.54. The number of nitrogens with zero attached hydrogens (tertiary/aromatic N) is 3. The summed E-state index contributed by atoms with van der Waals surface area (Å²) in [5.41, 5.74) is 1.87. The van der Waals surface area contributed by atoms with Crippen molar-refractivity contribution >= 4 is 34.4 Å². The van der Waals surface area contributed by atoms with Crippen molar-refractivity contribution in [2.24, 2.45) is 0 Å². The van der Waals surface area contributed by atoms with Gasteiger partial charge in [-0.25, -0.2) is 14.4 Å². The van der Waals surface area contributed by atoms with E-state index in [2.05, 4.69) is 9.97 Å². The predicted molar refractivity (Wildman–Crippen MR) is 73.4 cm³/mol. The molecule has 0 spiro atoms. The fourth-order valence-corrected chi connectivity index (χ4v) is 2.29. The number of imidazole rings is 1. The van der Waals surface area contributed by atoms with E-state index in [1.54, 1.807) is 22.8 Å². The largest absolute Gasteiger partial charge is 0.280 e. The van der Waals surface area contributed by atoms with E-state index in [4.69, 9.17) is 23.2 Å². The Bertz CT molecular complexity index is 755. The van der Waals surface area contributed by atoms with Crippen LogP contribution in [-0.4, -0.2) is 14.5 Å². The van der Waals surface area contributed by atoms with Crippen LogP contribution in [0.15, 0.2) is 36.5 Å². The fraction of sp³-hybridized carbons (Fsp3) is 0.0769. The van der Waals surface area contributed by atoms with Crippen molar-refractivity contribution < 1.29 is 4.39 Å². The van der Waals surface area contributed by atoms with Crippen molar-refractivity contribution in [2.45, 2.75) is 5.88 Å². The highest BCUT2D eigenvalue weighted by Crippen LogP contribution is 2.23. The van der Waals surface area contributed by atoms with E-state index in [1.807, 2.05) is 0 Å². The number of hydrogen-bond acceptors (Lipinski definition) is 2. The smallest absolute Gasteiger partial charge is 0.164 e. The zero-order valence-corrected chi connectivity index (χ0v) is 11.2. The standard InChI is InChI=1S/C13H8Cl2FN3/c14-6-12-18-11-4-8(15)7-17-13(11)19(12)10-3-1-2-9(16)5-10/h1-5,7H,6H2. The summed E-state index contributed by atoms with van der Waals surface area (Å²) in [6.07, 6.45) is 1.53. The summed E-state index contributed by atoms with van der Waals surface area (Å²) >= 11 is 11.8. The lowest BCUT2D eigenvalue weighted by molar-refractivity contribution is 0.626. The van der Waals surface area contributed by atoms with Crippen LogP contribution in [0, 0.1) is 5.82 Å². The van der Waals surface area contributed by atoms with Gasteiger partial charge in [0.1, 0.15) is 17.2 Å². The SMILES string of the molecule is Fc1cccc(-n2c(CCl)nc3cc(Cl)cnc32)c1. The monoisotopic (exact) mass is 295 g/mol. The molecule has 19 heavy (non-hydrogen) atoms. The summed E-state index contributed by atoms with van der Waals surface area (Å²) in [5, 5.41) is 0.498. The molecular formula is C13H8Cl2FN3. The topological polar surface area (TPSA) is 30.7 Å². The maximum Gasteiger partial charge on any atom is 0.164 e. The molecule has 0 fully saturated rings. The second kappa shape index (κ2) is 4.79. The molecule has 3 rings (SSSR count). The van der Waals surface area contributed by atoms with Crippen molar-refractivity contribution in [3.05, 3.63) is 53.2 Å². The van der Waals surface area contributed by atoms with Gasteiger partial charge < -0.3 is 0 Å². The minimum absolute atomic E-state index is 0.199. The third-order valence-electron chi connectivity index (χ3n) is 2.72. The Hall–Kier alpha value is -1.65. The normalized spacial score (nSPS) is 11.1. The number of halogens is 3. The van der Waals surface area contributed by atoms with Gasteiger partial charge in [0.15, 0.2) is 5.65 Å². The van der Waals surface area contributed by atoms with E-state index in [-0.39, 0.29) is 11.7 Å². The van der Waals surface area contributed by atoms with Gasteiger partial charge in [-0.1, -0.05) is 17.7 Å². The number of benzene rings is 1. The highest BCUT2D eigenvalue weighted by molar-refractivity contribution is 6.31. The van der Waals surface area contributed by atoms with Crippen molar-refractivity contribution in [2.75, 3.05) is 0 Å². The van der Waals surface area contributed by atoms with Crippen LogP contribution in [0.3, 0.4) is 0 Å². The molecule has 3 nitrogen and oxygen atoms in total. The minimum Gasteiger partial charge on any atom is -0.280 e. The lowest BCUT2D eigenvalue weighted by atomic mass is 10.3. The van der Waals surface area contributed by atoms with Crippen LogP contribution < -0.4 is 0 Å². The van der Waals surface area contributed by atoms with Crippen LogP contribution in [0.2, 0.25) is 5.02 Å². The number of aromatic nitrogens is 3. The Morgan fingerprint density at radius 3 is 2.84 bits per heavy atom. The molecule has 0 saturated carbocycles. The van der Waals surface area contributed by atoms with E-state index in [1.165, 1.54) is 18.3 Å². The molecule has 0 radical (unpaired) electrons. The van der Waals surface area contributed by atoms with Crippen LogP contribution in [0.25, 0.3) is 16.9 Å². The molecule has 2 heterocycles. The highest BCUT2D eigenvalue weighted by atomic mass is 35.5. The van der Waals surface area contributed by atoms with Crippen molar-refractivity contribution in [3.63, 3.8) is 0 Å². The molecule has 0 aliphatic heterocycles.